The van der Waals surface area contributed by atoms with Crippen LogP contribution in [0.4, 0.5) is 0 Å². The van der Waals surface area contributed by atoms with Gasteiger partial charge in [0, 0.05) is 21.7 Å². The van der Waals surface area contributed by atoms with E-state index in [2.05, 4.69) is 20.5 Å². The predicted molar refractivity (Wildman–Crippen MR) is 87.0 cm³/mol. The summed E-state index contributed by atoms with van der Waals surface area (Å²) in [5.41, 5.74) is 1.75. The van der Waals surface area contributed by atoms with E-state index in [-0.39, 0.29) is 0 Å². The first-order valence-corrected chi connectivity index (χ1v) is 7.48. The van der Waals surface area contributed by atoms with Crippen LogP contribution in [0.3, 0.4) is 0 Å². The molecule has 106 valence electrons. The molecule has 21 heavy (non-hydrogen) atoms. The van der Waals surface area contributed by atoms with E-state index in [0.29, 0.717) is 12.2 Å². The molecule has 0 fully saturated rings. The molecule has 0 radical (unpaired) electrons. The zero-order chi connectivity index (χ0) is 14.7. The van der Waals surface area contributed by atoms with Gasteiger partial charge < -0.3 is 9.30 Å². The number of carbonyl (C=O) groups is 1. The van der Waals surface area contributed by atoms with Gasteiger partial charge in [0.15, 0.2) is 0 Å². The van der Waals surface area contributed by atoms with Gasteiger partial charge in [-0.2, -0.15) is 0 Å². The van der Waals surface area contributed by atoms with Crippen molar-refractivity contribution in [2.24, 2.45) is 0 Å². The maximum absolute atomic E-state index is 10.9. The van der Waals surface area contributed by atoms with Crippen molar-refractivity contribution in [1.82, 2.24) is 4.57 Å². The van der Waals surface area contributed by atoms with Crippen molar-refractivity contribution in [3.63, 3.8) is 0 Å². The number of fused-ring (bicyclic) bond motifs is 1. The van der Waals surface area contributed by atoms with Crippen LogP contribution in [-0.4, -0.2) is 17.5 Å². The summed E-state index contributed by atoms with van der Waals surface area (Å²) in [6.45, 7) is 1.32. The van der Waals surface area contributed by atoms with Crippen LogP contribution in [0.15, 0.2) is 59.2 Å². The standard InChI is InChI=1S/C17H14BrNO2/c18-15-3-5-16(6-4-15)21-10-9-19-8-7-14-2-1-13(12-20)11-17(14)19/h1-8,11-12H,9-10H2. The molecule has 3 nitrogen and oxygen atoms in total. The van der Waals surface area contributed by atoms with Crippen molar-refractivity contribution < 1.29 is 9.53 Å². The van der Waals surface area contributed by atoms with Crippen molar-refractivity contribution >= 4 is 33.1 Å². The number of aromatic nitrogens is 1. The molecular formula is C17H14BrNO2. The Morgan fingerprint density at radius 3 is 2.67 bits per heavy atom. The van der Waals surface area contributed by atoms with Gasteiger partial charge >= 0.3 is 0 Å². The summed E-state index contributed by atoms with van der Waals surface area (Å²) in [5, 5.41) is 1.13. The van der Waals surface area contributed by atoms with Gasteiger partial charge in [-0.05, 0) is 41.8 Å². The van der Waals surface area contributed by atoms with Gasteiger partial charge in [0.05, 0.1) is 6.54 Å². The van der Waals surface area contributed by atoms with Crippen molar-refractivity contribution in [1.29, 1.82) is 0 Å². The van der Waals surface area contributed by atoms with E-state index < -0.39 is 0 Å². The van der Waals surface area contributed by atoms with Crippen LogP contribution in [-0.2, 0) is 6.54 Å². The number of benzene rings is 2. The lowest BCUT2D eigenvalue weighted by Gasteiger charge is -2.08. The van der Waals surface area contributed by atoms with E-state index in [0.717, 1.165) is 34.0 Å². The lowest BCUT2D eigenvalue weighted by molar-refractivity contribution is 0.112. The van der Waals surface area contributed by atoms with Gasteiger partial charge in [-0.3, -0.25) is 4.79 Å². The first-order valence-electron chi connectivity index (χ1n) is 6.69. The predicted octanol–water partition coefficient (Wildman–Crippen LogP) is 4.30. The largest absolute Gasteiger partial charge is 0.492 e. The van der Waals surface area contributed by atoms with Gasteiger partial charge in [-0.15, -0.1) is 0 Å². The first-order chi connectivity index (χ1) is 10.3. The highest BCUT2D eigenvalue weighted by atomic mass is 79.9. The number of hydrogen-bond acceptors (Lipinski definition) is 2. The average Bonchev–Trinajstić information content (AvgIpc) is 2.91. The van der Waals surface area contributed by atoms with Gasteiger partial charge in [0.1, 0.15) is 18.6 Å². The van der Waals surface area contributed by atoms with Crippen LogP contribution in [0.1, 0.15) is 10.4 Å². The molecule has 4 heteroatoms. The minimum absolute atomic E-state index is 0.580. The smallest absolute Gasteiger partial charge is 0.150 e. The van der Waals surface area contributed by atoms with E-state index in [1.54, 1.807) is 0 Å². The molecule has 0 amide bonds. The fraction of sp³-hybridized carbons (Fsp3) is 0.118. The lowest BCUT2D eigenvalue weighted by atomic mass is 10.2. The second kappa shape index (κ2) is 6.14. The molecule has 1 heterocycles. The van der Waals surface area contributed by atoms with E-state index in [9.17, 15) is 4.79 Å². The Labute approximate surface area is 131 Å². The van der Waals surface area contributed by atoms with E-state index in [1.165, 1.54) is 0 Å². The summed E-state index contributed by atoms with van der Waals surface area (Å²) >= 11 is 3.40. The Bertz CT molecular complexity index is 762. The van der Waals surface area contributed by atoms with Gasteiger partial charge in [-0.1, -0.05) is 28.1 Å². The third-order valence-corrected chi connectivity index (χ3v) is 3.88. The number of rotatable bonds is 5. The third kappa shape index (κ3) is 3.16. The molecular weight excluding hydrogens is 330 g/mol. The zero-order valence-electron chi connectivity index (χ0n) is 11.3. The van der Waals surface area contributed by atoms with Crippen LogP contribution >= 0.6 is 15.9 Å². The summed E-state index contributed by atoms with van der Waals surface area (Å²) in [7, 11) is 0. The number of aldehydes is 1. The van der Waals surface area contributed by atoms with Crippen LogP contribution < -0.4 is 4.74 Å². The summed E-state index contributed by atoms with van der Waals surface area (Å²) in [6.07, 6.45) is 2.89. The van der Waals surface area contributed by atoms with E-state index in [1.807, 2.05) is 54.7 Å². The quantitative estimate of drug-likeness (QED) is 0.647. The zero-order valence-corrected chi connectivity index (χ0v) is 12.9. The monoisotopic (exact) mass is 343 g/mol. The van der Waals surface area contributed by atoms with Crippen molar-refractivity contribution in [2.75, 3.05) is 6.61 Å². The summed E-state index contributed by atoms with van der Waals surface area (Å²) < 4.78 is 8.86. The molecule has 1 aromatic heterocycles. The number of nitrogens with zero attached hydrogens (tertiary/aromatic N) is 1. The second-order valence-corrected chi connectivity index (χ2v) is 5.66. The minimum atomic E-state index is 0.580. The normalized spacial score (nSPS) is 10.7. The van der Waals surface area contributed by atoms with Crippen molar-refractivity contribution in [2.45, 2.75) is 6.54 Å². The highest BCUT2D eigenvalue weighted by Gasteiger charge is 2.02. The lowest BCUT2D eigenvalue weighted by Crippen LogP contribution is -2.07. The molecule has 0 N–H and O–H groups in total. The Kier molecular flexibility index (Phi) is 4.06. The molecule has 3 aromatic rings. The second-order valence-electron chi connectivity index (χ2n) is 4.75. The van der Waals surface area contributed by atoms with Crippen molar-refractivity contribution in [3.05, 3.63) is 64.8 Å². The summed E-state index contributed by atoms with van der Waals surface area (Å²) in [6, 6.07) is 15.5. The molecule has 0 unspecified atom stereocenters. The topological polar surface area (TPSA) is 31.2 Å². The Balaban J connectivity index is 1.70. The van der Waals surface area contributed by atoms with Gasteiger partial charge in [0.25, 0.3) is 0 Å². The summed E-state index contributed by atoms with van der Waals surface area (Å²) in [4.78, 5) is 10.9. The van der Waals surface area contributed by atoms with Crippen molar-refractivity contribution in [3.8, 4) is 5.75 Å². The van der Waals surface area contributed by atoms with Gasteiger partial charge in [-0.25, -0.2) is 0 Å². The maximum atomic E-state index is 10.9. The Hall–Kier alpha value is -2.07. The average molecular weight is 344 g/mol. The highest BCUT2D eigenvalue weighted by molar-refractivity contribution is 9.10. The van der Waals surface area contributed by atoms with Gasteiger partial charge in [0.2, 0.25) is 0 Å². The molecule has 0 aliphatic rings. The SMILES string of the molecule is O=Cc1ccc2ccn(CCOc3ccc(Br)cc3)c2c1. The molecule has 0 saturated carbocycles. The molecule has 0 saturated heterocycles. The maximum Gasteiger partial charge on any atom is 0.150 e. The molecule has 0 atom stereocenters. The molecule has 0 aliphatic carbocycles. The summed E-state index contributed by atoms with van der Waals surface area (Å²) in [5.74, 6) is 0.850. The first kappa shape index (κ1) is 13.9. The molecule has 2 aromatic carbocycles. The minimum Gasteiger partial charge on any atom is -0.492 e. The molecule has 3 rings (SSSR count). The molecule has 0 aliphatic heterocycles. The fourth-order valence-electron chi connectivity index (χ4n) is 2.26. The molecule has 0 spiro atoms. The number of hydrogen-bond donors (Lipinski definition) is 0. The Morgan fingerprint density at radius 1 is 1.10 bits per heavy atom. The van der Waals surface area contributed by atoms with E-state index >= 15 is 0 Å². The van der Waals surface area contributed by atoms with Crippen LogP contribution in [0.25, 0.3) is 10.9 Å². The van der Waals surface area contributed by atoms with Crippen LogP contribution in [0, 0.1) is 0 Å². The third-order valence-electron chi connectivity index (χ3n) is 3.35. The number of halogens is 1. The van der Waals surface area contributed by atoms with E-state index in [4.69, 9.17) is 4.74 Å². The van der Waals surface area contributed by atoms with Crippen LogP contribution in [0.5, 0.6) is 5.75 Å². The molecule has 0 bridgehead atoms. The number of ether oxygens (including phenoxy) is 1. The fourth-order valence-corrected chi connectivity index (χ4v) is 2.53. The highest BCUT2D eigenvalue weighted by Crippen LogP contribution is 2.18. The van der Waals surface area contributed by atoms with Crippen LogP contribution in [0.2, 0.25) is 0 Å². The number of carbonyl (C=O) groups excluding carboxylic acids is 1. The Morgan fingerprint density at radius 2 is 1.90 bits per heavy atom.